The molecule has 104 valence electrons. The molecule has 0 fully saturated rings. The van der Waals surface area contributed by atoms with Gasteiger partial charge in [-0.3, -0.25) is 4.79 Å². The van der Waals surface area contributed by atoms with Crippen molar-refractivity contribution in [3.8, 4) is 0 Å². The summed E-state index contributed by atoms with van der Waals surface area (Å²) in [6, 6.07) is 7.90. The van der Waals surface area contributed by atoms with Crippen molar-refractivity contribution in [1.29, 1.82) is 0 Å². The Morgan fingerprint density at radius 2 is 1.95 bits per heavy atom. The van der Waals surface area contributed by atoms with E-state index in [0.717, 1.165) is 18.2 Å². The number of hydrogen-bond acceptors (Lipinski definition) is 1. The molecule has 6 heteroatoms. The SMILES string of the molecule is O=C(NCc1cc(F)ccc1F)c1cc(Br)ccc1Cl. The molecule has 2 aromatic rings. The average molecular weight is 361 g/mol. The zero-order chi connectivity index (χ0) is 14.7. The van der Waals surface area contributed by atoms with E-state index in [-0.39, 0.29) is 22.7 Å². The van der Waals surface area contributed by atoms with E-state index in [1.54, 1.807) is 18.2 Å². The number of carbonyl (C=O) groups excluding carboxylic acids is 1. The van der Waals surface area contributed by atoms with Crippen molar-refractivity contribution in [3.63, 3.8) is 0 Å². The van der Waals surface area contributed by atoms with Crippen molar-refractivity contribution < 1.29 is 13.6 Å². The van der Waals surface area contributed by atoms with E-state index >= 15 is 0 Å². The number of halogens is 4. The fraction of sp³-hybridized carbons (Fsp3) is 0.0714. The number of nitrogens with one attached hydrogen (secondary N) is 1. The Bertz CT molecular complexity index is 664. The fourth-order valence-electron chi connectivity index (χ4n) is 1.62. The lowest BCUT2D eigenvalue weighted by molar-refractivity contribution is 0.0950. The van der Waals surface area contributed by atoms with Crippen LogP contribution < -0.4 is 5.32 Å². The minimum atomic E-state index is -0.577. The number of amides is 1. The van der Waals surface area contributed by atoms with Crippen molar-refractivity contribution in [2.45, 2.75) is 6.54 Å². The molecule has 0 heterocycles. The van der Waals surface area contributed by atoms with Gasteiger partial charge in [0.05, 0.1) is 10.6 Å². The van der Waals surface area contributed by atoms with Crippen LogP contribution in [0.3, 0.4) is 0 Å². The van der Waals surface area contributed by atoms with Crippen LogP contribution in [0, 0.1) is 11.6 Å². The van der Waals surface area contributed by atoms with Gasteiger partial charge in [-0.05, 0) is 36.4 Å². The van der Waals surface area contributed by atoms with Crippen LogP contribution in [0.15, 0.2) is 40.9 Å². The van der Waals surface area contributed by atoms with Gasteiger partial charge in [-0.2, -0.15) is 0 Å². The Morgan fingerprint density at radius 3 is 2.70 bits per heavy atom. The molecule has 0 saturated carbocycles. The van der Waals surface area contributed by atoms with Gasteiger partial charge in [0.15, 0.2) is 0 Å². The minimum Gasteiger partial charge on any atom is -0.348 e. The Morgan fingerprint density at radius 1 is 1.20 bits per heavy atom. The van der Waals surface area contributed by atoms with E-state index in [9.17, 15) is 13.6 Å². The van der Waals surface area contributed by atoms with Gasteiger partial charge in [0.2, 0.25) is 0 Å². The molecule has 0 aromatic heterocycles. The molecule has 1 N–H and O–H groups in total. The molecule has 0 saturated heterocycles. The van der Waals surface area contributed by atoms with Gasteiger partial charge < -0.3 is 5.32 Å². The number of hydrogen-bond donors (Lipinski definition) is 1. The predicted octanol–water partition coefficient (Wildman–Crippen LogP) is 4.31. The van der Waals surface area contributed by atoms with Crippen molar-refractivity contribution in [3.05, 3.63) is 68.7 Å². The van der Waals surface area contributed by atoms with Gasteiger partial charge in [0.25, 0.3) is 5.91 Å². The smallest absolute Gasteiger partial charge is 0.253 e. The summed E-state index contributed by atoms with van der Waals surface area (Å²) in [5.41, 5.74) is 0.335. The molecule has 2 aromatic carbocycles. The molecule has 2 nitrogen and oxygen atoms in total. The van der Waals surface area contributed by atoms with E-state index in [4.69, 9.17) is 11.6 Å². The second-order valence-electron chi connectivity index (χ2n) is 4.04. The zero-order valence-corrected chi connectivity index (χ0v) is 12.4. The highest BCUT2D eigenvalue weighted by atomic mass is 79.9. The molecule has 0 aliphatic rings. The van der Waals surface area contributed by atoms with E-state index in [0.29, 0.717) is 4.47 Å². The van der Waals surface area contributed by atoms with Gasteiger partial charge in [-0.25, -0.2) is 8.78 Å². The maximum absolute atomic E-state index is 13.4. The van der Waals surface area contributed by atoms with Crippen molar-refractivity contribution >= 4 is 33.4 Å². The van der Waals surface area contributed by atoms with E-state index < -0.39 is 17.5 Å². The lowest BCUT2D eigenvalue weighted by Gasteiger charge is -2.08. The normalized spacial score (nSPS) is 10.4. The molecular formula is C14H9BrClF2NO. The summed E-state index contributed by atoms with van der Waals surface area (Å²) in [5.74, 6) is -1.59. The van der Waals surface area contributed by atoms with Crippen LogP contribution in [0.2, 0.25) is 5.02 Å². The monoisotopic (exact) mass is 359 g/mol. The van der Waals surface area contributed by atoms with Crippen molar-refractivity contribution in [2.75, 3.05) is 0 Å². The lowest BCUT2D eigenvalue weighted by atomic mass is 10.2. The van der Waals surface area contributed by atoms with Gasteiger partial charge >= 0.3 is 0 Å². The van der Waals surface area contributed by atoms with E-state index in [2.05, 4.69) is 21.2 Å². The molecule has 0 bridgehead atoms. The van der Waals surface area contributed by atoms with Crippen LogP contribution in [0.4, 0.5) is 8.78 Å². The summed E-state index contributed by atoms with van der Waals surface area (Å²) in [6.07, 6.45) is 0. The van der Waals surface area contributed by atoms with Gasteiger partial charge in [-0.15, -0.1) is 0 Å². The highest BCUT2D eigenvalue weighted by molar-refractivity contribution is 9.10. The summed E-state index contributed by atoms with van der Waals surface area (Å²) in [6.45, 7) is -0.120. The van der Waals surface area contributed by atoms with Crippen LogP contribution in [0.5, 0.6) is 0 Å². The maximum Gasteiger partial charge on any atom is 0.253 e. The quantitative estimate of drug-likeness (QED) is 0.868. The van der Waals surface area contributed by atoms with E-state index in [1.807, 2.05) is 0 Å². The highest BCUT2D eigenvalue weighted by Gasteiger charge is 2.12. The second kappa shape index (κ2) is 6.33. The van der Waals surface area contributed by atoms with Gasteiger partial charge in [0, 0.05) is 16.6 Å². The van der Waals surface area contributed by atoms with Crippen LogP contribution in [0.1, 0.15) is 15.9 Å². The minimum absolute atomic E-state index is 0.0736. The molecular weight excluding hydrogens is 352 g/mol. The van der Waals surface area contributed by atoms with Crippen molar-refractivity contribution in [2.24, 2.45) is 0 Å². The summed E-state index contributed by atoms with van der Waals surface area (Å²) < 4.78 is 27.1. The Hall–Kier alpha value is -1.46. The summed E-state index contributed by atoms with van der Waals surface area (Å²) in [7, 11) is 0. The molecule has 0 aliphatic carbocycles. The van der Waals surface area contributed by atoms with Gasteiger partial charge in [-0.1, -0.05) is 27.5 Å². The van der Waals surface area contributed by atoms with Crippen LogP contribution in [-0.4, -0.2) is 5.91 Å². The molecule has 0 unspecified atom stereocenters. The molecule has 0 aliphatic heterocycles. The topological polar surface area (TPSA) is 29.1 Å². The number of benzene rings is 2. The Kier molecular flexibility index (Phi) is 4.73. The maximum atomic E-state index is 13.4. The number of rotatable bonds is 3. The third kappa shape index (κ3) is 3.55. The van der Waals surface area contributed by atoms with Crippen LogP contribution >= 0.6 is 27.5 Å². The van der Waals surface area contributed by atoms with Gasteiger partial charge in [0.1, 0.15) is 11.6 Å². The summed E-state index contributed by atoms with van der Waals surface area (Å²) in [4.78, 5) is 12.0. The van der Waals surface area contributed by atoms with Crippen molar-refractivity contribution in [1.82, 2.24) is 5.32 Å². The standard InChI is InChI=1S/C14H9BrClF2NO/c15-9-1-3-12(16)11(6-9)14(20)19-7-8-5-10(17)2-4-13(8)18/h1-6H,7H2,(H,19,20). The van der Waals surface area contributed by atoms with Crippen LogP contribution in [0.25, 0.3) is 0 Å². The van der Waals surface area contributed by atoms with Crippen LogP contribution in [-0.2, 0) is 6.54 Å². The zero-order valence-electron chi connectivity index (χ0n) is 10.1. The summed E-state index contributed by atoms with van der Waals surface area (Å²) >= 11 is 9.15. The predicted molar refractivity (Wildman–Crippen MR) is 76.7 cm³/mol. The third-order valence-corrected chi connectivity index (χ3v) is 3.44. The second-order valence-corrected chi connectivity index (χ2v) is 5.37. The Balaban J connectivity index is 2.12. The average Bonchev–Trinajstić information content (AvgIpc) is 2.42. The molecule has 0 radical (unpaired) electrons. The highest BCUT2D eigenvalue weighted by Crippen LogP contribution is 2.21. The number of carbonyl (C=O) groups is 1. The molecule has 0 atom stereocenters. The summed E-state index contributed by atoms with van der Waals surface area (Å²) in [5, 5.41) is 2.78. The molecule has 1 amide bonds. The molecule has 2 rings (SSSR count). The molecule has 0 spiro atoms. The van der Waals surface area contributed by atoms with E-state index in [1.165, 1.54) is 0 Å². The Labute approximate surface area is 127 Å². The third-order valence-electron chi connectivity index (χ3n) is 2.62. The first-order chi connectivity index (χ1) is 9.47. The first-order valence-electron chi connectivity index (χ1n) is 5.64. The first-order valence-corrected chi connectivity index (χ1v) is 6.81. The fourth-order valence-corrected chi connectivity index (χ4v) is 2.19. The first kappa shape index (κ1) is 14.9. The molecule has 20 heavy (non-hydrogen) atoms. The largest absolute Gasteiger partial charge is 0.348 e. The lowest BCUT2D eigenvalue weighted by Crippen LogP contribution is -2.23.